The molecule has 0 aliphatic rings. The quantitative estimate of drug-likeness (QED) is 0.651. The van der Waals surface area contributed by atoms with E-state index < -0.39 is 0 Å². The number of hydrogen-bond acceptors (Lipinski definition) is 4. The SMILES string of the molecule is COc1ccccc1CCNc1cccc(C)c1[N+](=O)[O-]. The Hall–Kier alpha value is -2.56. The van der Waals surface area contributed by atoms with Crippen LogP contribution in [0.1, 0.15) is 11.1 Å². The summed E-state index contributed by atoms with van der Waals surface area (Å²) in [7, 11) is 1.64. The molecule has 0 aliphatic carbocycles. The number of nitrogens with zero attached hydrogens (tertiary/aromatic N) is 1. The van der Waals surface area contributed by atoms with Gasteiger partial charge in [-0.1, -0.05) is 30.3 Å². The maximum absolute atomic E-state index is 11.1. The molecule has 0 amide bonds. The second-order valence-electron chi connectivity index (χ2n) is 4.72. The third-order valence-electron chi connectivity index (χ3n) is 3.32. The zero-order valence-electron chi connectivity index (χ0n) is 12.1. The van der Waals surface area contributed by atoms with Crippen molar-refractivity contribution in [2.24, 2.45) is 0 Å². The second-order valence-corrected chi connectivity index (χ2v) is 4.72. The van der Waals surface area contributed by atoms with Crippen molar-refractivity contribution in [3.63, 3.8) is 0 Å². The average molecular weight is 286 g/mol. The first-order valence-corrected chi connectivity index (χ1v) is 6.73. The topological polar surface area (TPSA) is 64.4 Å². The first kappa shape index (κ1) is 14.8. The molecule has 0 heterocycles. The summed E-state index contributed by atoms with van der Waals surface area (Å²) in [6.45, 7) is 2.34. The van der Waals surface area contributed by atoms with E-state index in [0.29, 0.717) is 17.8 Å². The predicted octanol–water partition coefficient (Wildman–Crippen LogP) is 3.57. The highest BCUT2D eigenvalue weighted by molar-refractivity contribution is 5.65. The molecule has 0 saturated heterocycles. The Morgan fingerprint density at radius 2 is 1.95 bits per heavy atom. The zero-order valence-corrected chi connectivity index (χ0v) is 12.1. The smallest absolute Gasteiger partial charge is 0.295 e. The van der Waals surface area contributed by atoms with E-state index in [1.807, 2.05) is 30.3 Å². The van der Waals surface area contributed by atoms with Crippen LogP contribution in [0.2, 0.25) is 0 Å². The van der Waals surface area contributed by atoms with Crippen LogP contribution in [0.25, 0.3) is 0 Å². The fraction of sp³-hybridized carbons (Fsp3) is 0.250. The highest BCUT2D eigenvalue weighted by Gasteiger charge is 2.16. The van der Waals surface area contributed by atoms with Gasteiger partial charge in [0.15, 0.2) is 0 Å². The van der Waals surface area contributed by atoms with Gasteiger partial charge in [0.2, 0.25) is 0 Å². The average Bonchev–Trinajstić information content (AvgIpc) is 2.47. The number of hydrogen-bond donors (Lipinski definition) is 1. The van der Waals surface area contributed by atoms with Crippen LogP contribution in [0.5, 0.6) is 5.75 Å². The Kier molecular flexibility index (Phi) is 4.77. The molecular formula is C16H18N2O3. The van der Waals surface area contributed by atoms with Crippen molar-refractivity contribution in [3.05, 3.63) is 63.7 Å². The van der Waals surface area contributed by atoms with Gasteiger partial charge in [-0.3, -0.25) is 10.1 Å². The van der Waals surface area contributed by atoms with E-state index in [0.717, 1.165) is 17.7 Å². The van der Waals surface area contributed by atoms with Gasteiger partial charge in [0.1, 0.15) is 11.4 Å². The summed E-state index contributed by atoms with van der Waals surface area (Å²) in [6, 6.07) is 13.1. The summed E-state index contributed by atoms with van der Waals surface area (Å²) in [4.78, 5) is 10.8. The predicted molar refractivity (Wildman–Crippen MR) is 83.0 cm³/mol. The lowest BCUT2D eigenvalue weighted by Gasteiger charge is -2.10. The van der Waals surface area contributed by atoms with Crippen molar-refractivity contribution in [2.75, 3.05) is 19.0 Å². The molecule has 21 heavy (non-hydrogen) atoms. The van der Waals surface area contributed by atoms with E-state index >= 15 is 0 Å². The van der Waals surface area contributed by atoms with Gasteiger partial charge in [-0.2, -0.15) is 0 Å². The minimum Gasteiger partial charge on any atom is -0.496 e. The highest BCUT2D eigenvalue weighted by atomic mass is 16.6. The van der Waals surface area contributed by atoms with Crippen molar-refractivity contribution in [3.8, 4) is 5.75 Å². The number of nitro groups is 1. The fourth-order valence-electron chi connectivity index (χ4n) is 2.29. The lowest BCUT2D eigenvalue weighted by atomic mass is 10.1. The van der Waals surface area contributed by atoms with Crippen LogP contribution in [0.15, 0.2) is 42.5 Å². The van der Waals surface area contributed by atoms with Gasteiger partial charge >= 0.3 is 0 Å². The monoisotopic (exact) mass is 286 g/mol. The highest BCUT2D eigenvalue weighted by Crippen LogP contribution is 2.28. The lowest BCUT2D eigenvalue weighted by molar-refractivity contribution is -0.384. The molecule has 5 heteroatoms. The maximum atomic E-state index is 11.1. The maximum Gasteiger partial charge on any atom is 0.295 e. The number of benzene rings is 2. The molecule has 0 bridgehead atoms. The number of ether oxygens (including phenoxy) is 1. The lowest BCUT2D eigenvalue weighted by Crippen LogP contribution is -2.08. The molecule has 0 atom stereocenters. The second kappa shape index (κ2) is 6.74. The standard InChI is InChI=1S/C16H18N2O3/c1-12-6-5-8-14(16(12)18(19)20)17-11-10-13-7-3-4-9-15(13)21-2/h3-9,17H,10-11H2,1-2H3. The fourth-order valence-corrected chi connectivity index (χ4v) is 2.29. The summed E-state index contributed by atoms with van der Waals surface area (Å²) in [5, 5.41) is 14.3. The van der Waals surface area contributed by atoms with Crippen molar-refractivity contribution in [1.82, 2.24) is 0 Å². The van der Waals surface area contributed by atoms with Crippen molar-refractivity contribution in [1.29, 1.82) is 0 Å². The normalized spacial score (nSPS) is 10.2. The Labute approximate surface area is 123 Å². The van der Waals surface area contributed by atoms with Crippen LogP contribution in [0.3, 0.4) is 0 Å². The summed E-state index contributed by atoms with van der Waals surface area (Å²) in [6.07, 6.45) is 0.731. The van der Waals surface area contributed by atoms with Crippen molar-refractivity contribution in [2.45, 2.75) is 13.3 Å². The Balaban J connectivity index is 2.07. The van der Waals surface area contributed by atoms with Crippen LogP contribution in [0, 0.1) is 17.0 Å². The molecule has 0 unspecified atom stereocenters. The van der Waals surface area contributed by atoms with Gasteiger partial charge in [0.25, 0.3) is 5.69 Å². The molecule has 0 radical (unpaired) electrons. The molecule has 2 aromatic carbocycles. The Morgan fingerprint density at radius 3 is 2.67 bits per heavy atom. The van der Waals surface area contributed by atoms with Gasteiger partial charge < -0.3 is 10.1 Å². The number of para-hydroxylation sites is 2. The number of rotatable bonds is 6. The molecule has 1 N–H and O–H groups in total. The first-order chi connectivity index (χ1) is 10.1. The summed E-state index contributed by atoms with van der Waals surface area (Å²) < 4.78 is 5.29. The third kappa shape index (κ3) is 3.51. The van der Waals surface area contributed by atoms with E-state index in [9.17, 15) is 10.1 Å². The molecule has 5 nitrogen and oxygen atoms in total. The molecule has 0 fully saturated rings. The van der Waals surface area contributed by atoms with Crippen molar-refractivity contribution < 1.29 is 9.66 Å². The number of methoxy groups -OCH3 is 1. The van der Waals surface area contributed by atoms with E-state index in [1.165, 1.54) is 0 Å². The van der Waals surface area contributed by atoms with Crippen LogP contribution in [0.4, 0.5) is 11.4 Å². The van der Waals surface area contributed by atoms with E-state index in [1.54, 1.807) is 26.2 Å². The molecule has 0 saturated carbocycles. The number of nitro benzene ring substituents is 1. The summed E-state index contributed by atoms with van der Waals surface area (Å²) in [5.41, 5.74) is 2.41. The minimum atomic E-state index is -0.346. The zero-order chi connectivity index (χ0) is 15.2. The first-order valence-electron chi connectivity index (χ1n) is 6.73. The van der Waals surface area contributed by atoms with Crippen LogP contribution >= 0.6 is 0 Å². The van der Waals surface area contributed by atoms with E-state index in [-0.39, 0.29) is 10.6 Å². The van der Waals surface area contributed by atoms with Crippen LogP contribution in [-0.4, -0.2) is 18.6 Å². The molecule has 0 aliphatic heterocycles. The van der Waals surface area contributed by atoms with E-state index in [2.05, 4.69) is 5.32 Å². The third-order valence-corrected chi connectivity index (χ3v) is 3.32. The number of anilines is 1. The van der Waals surface area contributed by atoms with Gasteiger partial charge in [-0.05, 0) is 31.0 Å². The molecular weight excluding hydrogens is 268 g/mol. The van der Waals surface area contributed by atoms with Crippen LogP contribution in [-0.2, 0) is 6.42 Å². The largest absolute Gasteiger partial charge is 0.496 e. The summed E-state index contributed by atoms with van der Waals surface area (Å²) >= 11 is 0. The Morgan fingerprint density at radius 1 is 1.19 bits per heavy atom. The van der Waals surface area contributed by atoms with Gasteiger partial charge in [0.05, 0.1) is 12.0 Å². The van der Waals surface area contributed by atoms with Gasteiger partial charge in [-0.25, -0.2) is 0 Å². The minimum absolute atomic E-state index is 0.137. The van der Waals surface area contributed by atoms with Gasteiger partial charge in [0, 0.05) is 12.1 Å². The van der Waals surface area contributed by atoms with E-state index in [4.69, 9.17) is 4.74 Å². The van der Waals surface area contributed by atoms with Crippen LogP contribution < -0.4 is 10.1 Å². The molecule has 0 spiro atoms. The molecule has 2 aromatic rings. The van der Waals surface area contributed by atoms with Crippen molar-refractivity contribution >= 4 is 11.4 Å². The van der Waals surface area contributed by atoms with Gasteiger partial charge in [-0.15, -0.1) is 0 Å². The Bertz CT molecular complexity index is 641. The number of nitrogens with one attached hydrogen (secondary N) is 1. The molecule has 0 aromatic heterocycles. The molecule has 2 rings (SSSR count). The molecule has 110 valence electrons. The summed E-state index contributed by atoms with van der Waals surface area (Å²) in [5.74, 6) is 0.832. The number of aryl methyl sites for hydroxylation is 1.